The number of methoxy groups -OCH3 is 1. The van der Waals surface area contributed by atoms with E-state index in [9.17, 15) is 22.8 Å². The summed E-state index contributed by atoms with van der Waals surface area (Å²) in [4.78, 5) is 23.7. The maximum absolute atomic E-state index is 12.7. The minimum Gasteiger partial charge on any atom is -0.497 e. The van der Waals surface area contributed by atoms with Gasteiger partial charge in [-0.15, -0.1) is 0 Å². The lowest BCUT2D eigenvalue weighted by atomic mass is 10.1. The number of ether oxygens (including phenoxy) is 2. The van der Waals surface area contributed by atoms with Gasteiger partial charge in [-0.2, -0.15) is 13.2 Å². The minimum absolute atomic E-state index is 0.203. The highest BCUT2D eigenvalue weighted by atomic mass is 19.4. The lowest BCUT2D eigenvalue weighted by Crippen LogP contribution is -2.06. The highest BCUT2D eigenvalue weighted by molar-refractivity contribution is 5.87. The van der Waals surface area contributed by atoms with E-state index in [1.807, 2.05) is 0 Å². The highest BCUT2D eigenvalue weighted by Gasteiger charge is 2.30. The van der Waals surface area contributed by atoms with E-state index < -0.39 is 23.3 Å². The first-order valence-electron chi connectivity index (χ1n) is 8.39. The predicted molar refractivity (Wildman–Crippen MR) is 99.3 cm³/mol. The predicted octanol–water partition coefficient (Wildman–Crippen LogP) is 4.58. The molecule has 0 atom stereocenters. The van der Waals surface area contributed by atoms with Gasteiger partial charge in [0, 0.05) is 29.2 Å². The van der Waals surface area contributed by atoms with Crippen LogP contribution >= 0.6 is 0 Å². The summed E-state index contributed by atoms with van der Waals surface area (Å²) in [5, 5.41) is 0.569. The number of carbonyl (C=O) groups is 1. The van der Waals surface area contributed by atoms with Crippen molar-refractivity contribution in [3.8, 4) is 5.75 Å². The average molecular weight is 404 g/mol. The molecular weight excluding hydrogens is 389 g/mol. The Hall–Kier alpha value is -3.55. The molecular formula is C21H15F3O5. The van der Waals surface area contributed by atoms with Crippen LogP contribution in [0.3, 0.4) is 0 Å². The smallest absolute Gasteiger partial charge is 0.416 e. The second kappa shape index (κ2) is 8.22. The van der Waals surface area contributed by atoms with Crippen LogP contribution in [0.2, 0.25) is 0 Å². The van der Waals surface area contributed by atoms with Gasteiger partial charge in [-0.05, 0) is 35.9 Å². The zero-order valence-corrected chi connectivity index (χ0v) is 15.2. The van der Waals surface area contributed by atoms with Crippen molar-refractivity contribution in [1.82, 2.24) is 0 Å². The van der Waals surface area contributed by atoms with Crippen LogP contribution in [0, 0.1) is 0 Å². The number of hydrogen-bond acceptors (Lipinski definition) is 5. The van der Waals surface area contributed by atoms with E-state index in [0.29, 0.717) is 16.7 Å². The molecule has 3 aromatic rings. The molecule has 0 saturated heterocycles. The molecule has 0 aliphatic heterocycles. The van der Waals surface area contributed by atoms with Crippen molar-refractivity contribution in [3.05, 3.63) is 81.7 Å². The molecule has 0 aliphatic rings. The van der Waals surface area contributed by atoms with Crippen molar-refractivity contribution in [2.45, 2.75) is 12.8 Å². The van der Waals surface area contributed by atoms with Crippen LogP contribution in [-0.2, 0) is 22.3 Å². The van der Waals surface area contributed by atoms with Crippen LogP contribution in [0.15, 0.2) is 63.8 Å². The van der Waals surface area contributed by atoms with E-state index in [-0.39, 0.29) is 17.8 Å². The van der Waals surface area contributed by atoms with Crippen LogP contribution in [0.1, 0.15) is 16.7 Å². The Morgan fingerprint density at radius 2 is 1.93 bits per heavy atom. The standard InChI is InChI=1S/C21H15F3O5/c1-27-16-6-7-17-14(10-20(26)29-18(17)11-16)12-28-19(25)8-5-13-3-2-4-15(9-13)21(22,23)24/h2-11H,12H2,1H3/b8-5+. The molecule has 0 radical (unpaired) electrons. The van der Waals surface area contributed by atoms with E-state index in [4.69, 9.17) is 13.9 Å². The topological polar surface area (TPSA) is 65.7 Å². The summed E-state index contributed by atoms with van der Waals surface area (Å²) in [6.45, 7) is -0.208. The van der Waals surface area contributed by atoms with E-state index in [0.717, 1.165) is 18.2 Å². The summed E-state index contributed by atoms with van der Waals surface area (Å²) in [7, 11) is 1.47. The SMILES string of the molecule is COc1ccc2c(COC(=O)/C=C/c3cccc(C(F)(F)F)c3)cc(=O)oc2c1. The van der Waals surface area contributed by atoms with Gasteiger partial charge in [-0.1, -0.05) is 12.1 Å². The lowest BCUT2D eigenvalue weighted by Gasteiger charge is -2.07. The average Bonchev–Trinajstić information content (AvgIpc) is 2.69. The molecule has 3 rings (SSSR count). The number of rotatable bonds is 5. The van der Waals surface area contributed by atoms with Gasteiger partial charge in [0.1, 0.15) is 17.9 Å². The monoisotopic (exact) mass is 404 g/mol. The molecule has 1 aromatic heterocycles. The van der Waals surface area contributed by atoms with Crippen LogP contribution < -0.4 is 10.4 Å². The van der Waals surface area contributed by atoms with Crippen molar-refractivity contribution in [3.63, 3.8) is 0 Å². The second-order valence-electron chi connectivity index (χ2n) is 6.02. The quantitative estimate of drug-likeness (QED) is 0.354. The molecule has 8 heteroatoms. The molecule has 0 saturated carbocycles. The molecule has 2 aromatic carbocycles. The van der Waals surface area contributed by atoms with E-state index in [2.05, 4.69) is 0 Å². The number of hydrogen-bond donors (Lipinski definition) is 0. The van der Waals surface area contributed by atoms with Gasteiger partial charge in [0.2, 0.25) is 0 Å². The van der Waals surface area contributed by atoms with E-state index in [1.165, 1.54) is 37.5 Å². The fourth-order valence-corrected chi connectivity index (χ4v) is 2.64. The Balaban J connectivity index is 1.73. The third-order valence-corrected chi connectivity index (χ3v) is 4.03. The molecule has 0 unspecified atom stereocenters. The Morgan fingerprint density at radius 1 is 1.14 bits per heavy atom. The molecule has 0 N–H and O–H groups in total. The van der Waals surface area contributed by atoms with Crippen molar-refractivity contribution < 1.29 is 31.9 Å². The molecule has 0 bridgehead atoms. The van der Waals surface area contributed by atoms with Crippen molar-refractivity contribution in [2.75, 3.05) is 7.11 Å². The van der Waals surface area contributed by atoms with Crippen molar-refractivity contribution >= 4 is 23.0 Å². The van der Waals surface area contributed by atoms with Gasteiger partial charge < -0.3 is 13.9 Å². The number of alkyl halides is 3. The van der Waals surface area contributed by atoms with E-state index >= 15 is 0 Å². The molecule has 5 nitrogen and oxygen atoms in total. The first-order chi connectivity index (χ1) is 13.8. The van der Waals surface area contributed by atoms with E-state index in [1.54, 1.807) is 12.1 Å². The number of halogens is 3. The third-order valence-electron chi connectivity index (χ3n) is 4.03. The van der Waals surface area contributed by atoms with Gasteiger partial charge >= 0.3 is 17.8 Å². The van der Waals surface area contributed by atoms with Crippen LogP contribution in [0.25, 0.3) is 17.0 Å². The summed E-state index contributed by atoms with van der Waals surface area (Å²) in [6, 6.07) is 10.6. The molecule has 1 heterocycles. The van der Waals surface area contributed by atoms with Gasteiger partial charge in [0.15, 0.2) is 0 Å². The maximum Gasteiger partial charge on any atom is 0.416 e. The van der Waals surface area contributed by atoms with Gasteiger partial charge in [0.05, 0.1) is 12.7 Å². The number of fused-ring (bicyclic) bond motifs is 1. The molecule has 29 heavy (non-hydrogen) atoms. The summed E-state index contributed by atoms with van der Waals surface area (Å²) in [5.74, 6) is -0.267. The van der Waals surface area contributed by atoms with Gasteiger partial charge in [-0.3, -0.25) is 0 Å². The zero-order chi connectivity index (χ0) is 21.0. The molecule has 0 aliphatic carbocycles. The fourth-order valence-electron chi connectivity index (χ4n) is 2.64. The maximum atomic E-state index is 12.7. The Morgan fingerprint density at radius 3 is 2.66 bits per heavy atom. The van der Waals surface area contributed by atoms with Gasteiger partial charge in [0.25, 0.3) is 0 Å². The van der Waals surface area contributed by atoms with Crippen molar-refractivity contribution in [2.24, 2.45) is 0 Å². The highest BCUT2D eigenvalue weighted by Crippen LogP contribution is 2.29. The second-order valence-corrected chi connectivity index (χ2v) is 6.02. The summed E-state index contributed by atoms with van der Waals surface area (Å²) in [6.07, 6.45) is -2.23. The normalized spacial score (nSPS) is 11.7. The molecule has 0 spiro atoms. The van der Waals surface area contributed by atoms with Crippen LogP contribution in [0.4, 0.5) is 13.2 Å². The first-order valence-corrected chi connectivity index (χ1v) is 8.39. The van der Waals surface area contributed by atoms with Crippen LogP contribution in [0.5, 0.6) is 5.75 Å². The summed E-state index contributed by atoms with van der Waals surface area (Å²) >= 11 is 0. The first kappa shape index (κ1) is 20.2. The third kappa shape index (κ3) is 5.04. The Bertz CT molecular complexity index is 1130. The lowest BCUT2D eigenvalue weighted by molar-refractivity contribution is -0.139. The number of benzene rings is 2. The van der Waals surface area contributed by atoms with Crippen molar-refractivity contribution in [1.29, 1.82) is 0 Å². The number of esters is 1. The fraction of sp³-hybridized carbons (Fsp3) is 0.143. The molecule has 0 fully saturated rings. The minimum atomic E-state index is -4.47. The summed E-state index contributed by atoms with van der Waals surface area (Å²) in [5.41, 5.74) is -0.515. The molecule has 0 amide bonds. The Labute approximate surface area is 163 Å². The van der Waals surface area contributed by atoms with Crippen LogP contribution in [-0.4, -0.2) is 13.1 Å². The molecule has 150 valence electrons. The Kier molecular flexibility index (Phi) is 5.72. The largest absolute Gasteiger partial charge is 0.497 e. The number of carbonyl (C=O) groups excluding carboxylic acids is 1. The zero-order valence-electron chi connectivity index (χ0n) is 15.2. The van der Waals surface area contributed by atoms with Gasteiger partial charge in [-0.25, -0.2) is 9.59 Å². The summed E-state index contributed by atoms with van der Waals surface area (Å²) < 4.78 is 53.5.